The first-order valence-corrected chi connectivity index (χ1v) is 12.4. The van der Waals surface area contributed by atoms with Gasteiger partial charge in [0.2, 0.25) is 5.91 Å². The summed E-state index contributed by atoms with van der Waals surface area (Å²) in [6, 6.07) is 6.67. The van der Waals surface area contributed by atoms with Crippen molar-refractivity contribution in [1.82, 2.24) is 19.8 Å². The smallest absolute Gasteiger partial charge is 0.328 e. The van der Waals surface area contributed by atoms with Crippen molar-refractivity contribution in [3.8, 4) is 6.07 Å². The van der Waals surface area contributed by atoms with Gasteiger partial charge in [-0.25, -0.2) is 14.8 Å². The third kappa shape index (κ3) is 6.07. The monoisotopic (exact) mass is 520 g/mol. The van der Waals surface area contributed by atoms with Crippen LogP contribution in [0, 0.1) is 11.3 Å². The number of anilines is 3. The van der Waals surface area contributed by atoms with Gasteiger partial charge in [0.25, 0.3) is 0 Å². The average molecular weight is 521 g/mol. The van der Waals surface area contributed by atoms with E-state index >= 15 is 0 Å². The number of carbonyl (C=O) groups excluding carboxylic acids is 3. The molecule has 0 spiro atoms. The lowest BCUT2D eigenvalue weighted by molar-refractivity contribution is -0.136. The molecule has 0 aromatic carbocycles. The zero-order valence-electron chi connectivity index (χ0n) is 22.0. The van der Waals surface area contributed by atoms with Crippen LogP contribution in [-0.2, 0) is 16.1 Å². The van der Waals surface area contributed by atoms with E-state index in [1.54, 1.807) is 23.1 Å². The Morgan fingerprint density at radius 3 is 2.68 bits per heavy atom. The van der Waals surface area contributed by atoms with Crippen LogP contribution in [0.2, 0.25) is 0 Å². The maximum atomic E-state index is 13.0. The molecule has 2 aliphatic rings. The summed E-state index contributed by atoms with van der Waals surface area (Å²) in [6.07, 6.45) is 2.06. The molecule has 0 saturated carbocycles. The number of nitrogens with zero attached hydrogens (tertiary/aromatic N) is 7. The summed E-state index contributed by atoms with van der Waals surface area (Å²) in [5, 5.41) is 12.3. The van der Waals surface area contributed by atoms with Crippen LogP contribution in [0.25, 0.3) is 0 Å². The molecule has 2 aliphatic heterocycles. The van der Waals surface area contributed by atoms with Crippen molar-refractivity contribution in [3.63, 3.8) is 0 Å². The lowest BCUT2D eigenvalue weighted by Crippen LogP contribution is -2.48. The predicted octanol–water partition coefficient (Wildman–Crippen LogP) is 1.72. The van der Waals surface area contributed by atoms with Crippen LogP contribution in [0.15, 0.2) is 24.4 Å². The number of morpholine rings is 1. The van der Waals surface area contributed by atoms with Gasteiger partial charge in [0.05, 0.1) is 30.0 Å². The van der Waals surface area contributed by atoms with E-state index in [-0.39, 0.29) is 42.0 Å². The summed E-state index contributed by atoms with van der Waals surface area (Å²) in [6.45, 7) is 7.11. The van der Waals surface area contributed by atoms with E-state index in [0.29, 0.717) is 49.3 Å². The fourth-order valence-electron chi connectivity index (χ4n) is 4.65. The summed E-state index contributed by atoms with van der Waals surface area (Å²) < 4.78 is 5.80. The van der Waals surface area contributed by atoms with Crippen molar-refractivity contribution >= 4 is 35.5 Å². The summed E-state index contributed by atoms with van der Waals surface area (Å²) in [4.78, 5) is 52.7. The van der Waals surface area contributed by atoms with Crippen molar-refractivity contribution in [2.75, 3.05) is 61.9 Å². The molecular weight excluding hydrogens is 488 g/mol. The normalized spacial score (nSPS) is 20.1. The summed E-state index contributed by atoms with van der Waals surface area (Å²) in [5.41, 5.74) is 1.86. The largest absolute Gasteiger partial charge is 0.372 e. The second-order valence-electron chi connectivity index (χ2n) is 9.73. The number of rotatable bonds is 6. The van der Waals surface area contributed by atoms with Crippen molar-refractivity contribution in [2.24, 2.45) is 0 Å². The molecule has 200 valence electrons. The minimum atomic E-state index is -0.511. The number of hydrogen-bond acceptors (Lipinski definition) is 9. The van der Waals surface area contributed by atoms with Crippen LogP contribution in [0.1, 0.15) is 35.5 Å². The highest BCUT2D eigenvalue weighted by Crippen LogP contribution is 2.26. The summed E-state index contributed by atoms with van der Waals surface area (Å²) in [5.74, 6) is 0.540. The average Bonchev–Trinajstić information content (AvgIpc) is 2.89. The number of urea groups is 1. The fraction of sp³-hybridized carbons (Fsp3) is 0.462. The number of carbonyl (C=O) groups is 3. The number of nitrogens with one attached hydrogen (secondary N) is 1. The third-order valence-corrected chi connectivity index (χ3v) is 6.63. The molecule has 2 saturated heterocycles. The highest BCUT2D eigenvalue weighted by molar-refractivity contribution is 6.00. The molecule has 3 amide bonds. The number of likely N-dealkylation sites (N-methyl/N-ethyl adjacent to an activating group) is 1. The molecule has 1 N–H and O–H groups in total. The van der Waals surface area contributed by atoms with Gasteiger partial charge in [-0.3, -0.25) is 24.7 Å². The van der Waals surface area contributed by atoms with Gasteiger partial charge in [-0.05, 0) is 27.0 Å². The molecule has 0 bridgehead atoms. The quantitative estimate of drug-likeness (QED) is 0.565. The first-order chi connectivity index (χ1) is 18.2. The van der Waals surface area contributed by atoms with E-state index in [9.17, 15) is 19.6 Å². The van der Waals surface area contributed by atoms with Crippen LogP contribution in [-0.4, -0.2) is 97.0 Å². The van der Waals surface area contributed by atoms with E-state index in [0.717, 1.165) is 6.54 Å². The second kappa shape index (κ2) is 11.5. The molecule has 12 nitrogen and oxygen atoms in total. The molecule has 2 aromatic heterocycles. The number of pyridine rings is 2. The zero-order valence-corrected chi connectivity index (χ0v) is 22.0. The van der Waals surface area contributed by atoms with Crippen molar-refractivity contribution in [2.45, 2.75) is 32.6 Å². The molecule has 4 rings (SSSR count). The van der Waals surface area contributed by atoms with Gasteiger partial charge in [-0.2, -0.15) is 5.26 Å². The van der Waals surface area contributed by atoms with Crippen LogP contribution in [0.3, 0.4) is 0 Å². The van der Waals surface area contributed by atoms with Gasteiger partial charge in [0, 0.05) is 57.6 Å². The molecule has 0 aliphatic carbocycles. The predicted molar refractivity (Wildman–Crippen MR) is 141 cm³/mol. The number of aromatic nitrogens is 2. The summed E-state index contributed by atoms with van der Waals surface area (Å²) >= 11 is 0. The van der Waals surface area contributed by atoms with Gasteiger partial charge in [0.15, 0.2) is 6.29 Å². The Hall–Kier alpha value is -4.08. The standard InChI is InChI=1S/C26H32N8O4/c1-17-12-34(13-18(2)38-17)22-9-23(28-11-20(22)10-27)30-26(37)32(4)24-6-5-19(21(16-35)29-24)14-33-8-7-31(3)15-25(33)36/h5-6,9,11,16-18H,7-8,12-15H2,1-4H3,(H,28,30,37)/t17-,18+. The number of nitriles is 1. The highest BCUT2D eigenvalue weighted by Gasteiger charge is 2.26. The molecule has 12 heteroatoms. The van der Waals surface area contributed by atoms with E-state index in [4.69, 9.17) is 4.74 Å². The minimum absolute atomic E-state index is 0.00179. The van der Waals surface area contributed by atoms with Crippen LogP contribution in [0.5, 0.6) is 0 Å². The number of hydrogen-bond donors (Lipinski definition) is 1. The molecular formula is C26H32N8O4. The molecule has 4 heterocycles. The molecule has 0 radical (unpaired) electrons. The maximum absolute atomic E-state index is 13.0. The zero-order chi connectivity index (χ0) is 27.4. The van der Waals surface area contributed by atoms with Crippen molar-refractivity contribution < 1.29 is 19.1 Å². The topological polar surface area (TPSA) is 135 Å². The molecule has 2 aromatic rings. The summed E-state index contributed by atoms with van der Waals surface area (Å²) in [7, 11) is 3.42. The molecule has 0 unspecified atom stereocenters. The Kier molecular flexibility index (Phi) is 8.19. The van der Waals surface area contributed by atoms with Gasteiger partial charge >= 0.3 is 6.03 Å². The Bertz CT molecular complexity index is 1250. The lowest BCUT2D eigenvalue weighted by atomic mass is 10.1. The lowest BCUT2D eigenvalue weighted by Gasteiger charge is -2.37. The SMILES string of the molecule is C[C@@H]1CN(c2cc(NC(=O)N(C)c3ccc(CN4CCN(C)CC4=O)c(C=O)n3)ncc2C#N)C[C@H](C)O1. The molecule has 38 heavy (non-hydrogen) atoms. The van der Waals surface area contributed by atoms with Crippen LogP contribution in [0.4, 0.5) is 22.1 Å². The van der Waals surface area contributed by atoms with Crippen molar-refractivity contribution in [1.29, 1.82) is 5.26 Å². The number of amides is 3. The first kappa shape index (κ1) is 27.0. The van der Waals surface area contributed by atoms with E-state index in [1.165, 1.54) is 18.1 Å². The van der Waals surface area contributed by atoms with E-state index in [1.807, 2.05) is 25.8 Å². The number of piperazine rings is 1. The second-order valence-corrected chi connectivity index (χ2v) is 9.73. The van der Waals surface area contributed by atoms with Crippen molar-refractivity contribution in [3.05, 3.63) is 41.2 Å². The van der Waals surface area contributed by atoms with Crippen LogP contribution < -0.4 is 15.1 Å². The Labute approximate surface area is 221 Å². The van der Waals surface area contributed by atoms with E-state index in [2.05, 4.69) is 26.3 Å². The number of aldehydes is 1. The maximum Gasteiger partial charge on any atom is 0.328 e. The molecule has 2 atom stereocenters. The fourth-order valence-corrected chi connectivity index (χ4v) is 4.65. The third-order valence-electron chi connectivity index (χ3n) is 6.63. The highest BCUT2D eigenvalue weighted by atomic mass is 16.5. The molecule has 2 fully saturated rings. The Morgan fingerprint density at radius 2 is 2.03 bits per heavy atom. The first-order valence-electron chi connectivity index (χ1n) is 12.4. The Morgan fingerprint density at radius 1 is 1.29 bits per heavy atom. The van der Waals surface area contributed by atoms with Gasteiger partial charge in [-0.1, -0.05) is 6.07 Å². The minimum Gasteiger partial charge on any atom is -0.372 e. The van der Waals surface area contributed by atoms with Gasteiger partial charge in [0.1, 0.15) is 23.4 Å². The Balaban J connectivity index is 1.48. The number of ether oxygens (including phenoxy) is 1. The van der Waals surface area contributed by atoms with Gasteiger partial charge in [-0.15, -0.1) is 0 Å². The van der Waals surface area contributed by atoms with E-state index < -0.39 is 6.03 Å². The van der Waals surface area contributed by atoms with Gasteiger partial charge < -0.3 is 14.5 Å². The van der Waals surface area contributed by atoms with Crippen LogP contribution >= 0.6 is 0 Å².